The standard InChI is InChI=1S/C14H13N3O/c1-18-9-12-7-11-8-15-13(17-14(11)16-12)10-5-3-2-4-6-10/h2-8H,9H2,1H3,(H,15,16,17). The average molecular weight is 239 g/mol. The molecule has 0 spiro atoms. The molecule has 0 aliphatic rings. The molecule has 0 aliphatic heterocycles. The van der Waals surface area contributed by atoms with Gasteiger partial charge in [-0.1, -0.05) is 30.3 Å². The highest BCUT2D eigenvalue weighted by molar-refractivity contribution is 5.77. The molecule has 0 amide bonds. The maximum atomic E-state index is 5.09. The molecule has 1 aromatic carbocycles. The molecule has 0 bridgehead atoms. The second-order valence-corrected chi connectivity index (χ2v) is 4.09. The predicted octanol–water partition coefficient (Wildman–Crippen LogP) is 2.77. The van der Waals surface area contributed by atoms with Crippen molar-refractivity contribution in [1.29, 1.82) is 0 Å². The molecule has 18 heavy (non-hydrogen) atoms. The van der Waals surface area contributed by atoms with Crippen LogP contribution >= 0.6 is 0 Å². The van der Waals surface area contributed by atoms with Crippen molar-refractivity contribution in [3.63, 3.8) is 0 Å². The molecule has 0 radical (unpaired) electrons. The summed E-state index contributed by atoms with van der Waals surface area (Å²) in [7, 11) is 1.67. The number of ether oxygens (including phenoxy) is 1. The normalized spacial score (nSPS) is 10.9. The van der Waals surface area contributed by atoms with E-state index in [2.05, 4.69) is 15.0 Å². The summed E-state index contributed by atoms with van der Waals surface area (Å²) in [5.41, 5.74) is 2.87. The van der Waals surface area contributed by atoms with Crippen LogP contribution in [0.15, 0.2) is 42.6 Å². The van der Waals surface area contributed by atoms with Crippen LogP contribution in [0, 0.1) is 0 Å². The summed E-state index contributed by atoms with van der Waals surface area (Å²) in [6, 6.07) is 11.9. The summed E-state index contributed by atoms with van der Waals surface area (Å²) >= 11 is 0. The van der Waals surface area contributed by atoms with Gasteiger partial charge in [-0.05, 0) is 6.07 Å². The van der Waals surface area contributed by atoms with E-state index in [-0.39, 0.29) is 0 Å². The molecule has 3 aromatic rings. The third kappa shape index (κ3) is 1.98. The molecule has 0 fully saturated rings. The highest BCUT2D eigenvalue weighted by Crippen LogP contribution is 2.18. The molecule has 90 valence electrons. The van der Waals surface area contributed by atoms with Crippen molar-refractivity contribution in [3.05, 3.63) is 48.3 Å². The van der Waals surface area contributed by atoms with Crippen molar-refractivity contribution in [2.24, 2.45) is 0 Å². The van der Waals surface area contributed by atoms with Gasteiger partial charge in [0.2, 0.25) is 0 Å². The number of benzene rings is 1. The molecule has 3 rings (SSSR count). The first-order valence-electron chi connectivity index (χ1n) is 5.76. The highest BCUT2D eigenvalue weighted by atomic mass is 16.5. The Morgan fingerprint density at radius 3 is 2.83 bits per heavy atom. The Labute approximate surface area is 105 Å². The molecule has 0 saturated carbocycles. The van der Waals surface area contributed by atoms with Gasteiger partial charge in [-0.2, -0.15) is 0 Å². The number of fused-ring (bicyclic) bond motifs is 1. The topological polar surface area (TPSA) is 50.8 Å². The third-order valence-corrected chi connectivity index (χ3v) is 2.76. The first-order valence-corrected chi connectivity index (χ1v) is 5.76. The Morgan fingerprint density at radius 1 is 1.22 bits per heavy atom. The summed E-state index contributed by atoms with van der Waals surface area (Å²) in [5.74, 6) is 0.730. The number of hydrogen-bond donors (Lipinski definition) is 1. The van der Waals surface area contributed by atoms with Crippen LogP contribution < -0.4 is 0 Å². The largest absolute Gasteiger partial charge is 0.378 e. The minimum Gasteiger partial charge on any atom is -0.378 e. The lowest BCUT2D eigenvalue weighted by molar-refractivity contribution is 0.182. The van der Waals surface area contributed by atoms with Gasteiger partial charge < -0.3 is 9.72 Å². The Hall–Kier alpha value is -2.20. The number of methoxy groups -OCH3 is 1. The maximum absolute atomic E-state index is 5.09. The summed E-state index contributed by atoms with van der Waals surface area (Å²) in [5, 5.41) is 1.00. The number of aromatic amines is 1. The zero-order chi connectivity index (χ0) is 12.4. The van der Waals surface area contributed by atoms with Gasteiger partial charge in [0.15, 0.2) is 5.82 Å². The molecule has 1 N–H and O–H groups in total. The maximum Gasteiger partial charge on any atom is 0.161 e. The van der Waals surface area contributed by atoms with Crippen LogP contribution in [0.2, 0.25) is 0 Å². The quantitative estimate of drug-likeness (QED) is 0.764. The fraction of sp³-hybridized carbons (Fsp3) is 0.143. The van der Waals surface area contributed by atoms with Gasteiger partial charge >= 0.3 is 0 Å². The van der Waals surface area contributed by atoms with Crippen LogP contribution in [0.25, 0.3) is 22.4 Å². The number of nitrogens with zero attached hydrogens (tertiary/aromatic N) is 2. The van der Waals surface area contributed by atoms with Gasteiger partial charge in [-0.15, -0.1) is 0 Å². The zero-order valence-corrected chi connectivity index (χ0v) is 10.1. The van der Waals surface area contributed by atoms with E-state index < -0.39 is 0 Å². The molecule has 0 atom stereocenters. The van der Waals surface area contributed by atoms with Crippen LogP contribution in [0.3, 0.4) is 0 Å². The summed E-state index contributed by atoms with van der Waals surface area (Å²) in [4.78, 5) is 12.1. The monoisotopic (exact) mass is 239 g/mol. The van der Waals surface area contributed by atoms with Gasteiger partial charge in [-0.3, -0.25) is 0 Å². The van der Waals surface area contributed by atoms with E-state index in [1.807, 2.05) is 42.6 Å². The summed E-state index contributed by atoms with van der Waals surface area (Å²) in [6.07, 6.45) is 1.83. The van der Waals surface area contributed by atoms with Gasteiger partial charge in [-0.25, -0.2) is 9.97 Å². The Morgan fingerprint density at radius 2 is 2.06 bits per heavy atom. The SMILES string of the molecule is COCc1cc2cnc(-c3ccccc3)nc2[nH]1. The van der Waals surface area contributed by atoms with Crippen LogP contribution in [0.4, 0.5) is 0 Å². The van der Waals surface area contributed by atoms with E-state index in [1.165, 1.54) is 0 Å². The van der Waals surface area contributed by atoms with E-state index in [1.54, 1.807) is 7.11 Å². The van der Waals surface area contributed by atoms with E-state index >= 15 is 0 Å². The molecule has 0 saturated heterocycles. The number of H-pyrrole nitrogens is 1. The predicted molar refractivity (Wildman–Crippen MR) is 70.0 cm³/mol. The van der Waals surface area contributed by atoms with Crippen molar-refractivity contribution in [3.8, 4) is 11.4 Å². The van der Waals surface area contributed by atoms with Crippen LogP contribution in [-0.2, 0) is 11.3 Å². The van der Waals surface area contributed by atoms with Crippen molar-refractivity contribution in [1.82, 2.24) is 15.0 Å². The smallest absolute Gasteiger partial charge is 0.161 e. The molecular formula is C14H13N3O. The molecule has 4 heteroatoms. The first kappa shape index (κ1) is 10.9. The second-order valence-electron chi connectivity index (χ2n) is 4.09. The van der Waals surface area contributed by atoms with E-state index in [9.17, 15) is 0 Å². The summed E-state index contributed by atoms with van der Waals surface area (Å²) in [6.45, 7) is 0.553. The number of aromatic nitrogens is 3. The molecular weight excluding hydrogens is 226 g/mol. The first-order chi connectivity index (χ1) is 8.86. The number of rotatable bonds is 3. The fourth-order valence-electron chi connectivity index (χ4n) is 1.93. The minimum atomic E-state index is 0.553. The lowest BCUT2D eigenvalue weighted by Crippen LogP contribution is -1.89. The number of nitrogens with one attached hydrogen (secondary N) is 1. The van der Waals surface area contributed by atoms with Crippen molar-refractivity contribution < 1.29 is 4.74 Å². The molecule has 4 nitrogen and oxygen atoms in total. The van der Waals surface area contributed by atoms with Gasteiger partial charge in [0, 0.05) is 30.0 Å². The number of hydrogen-bond acceptors (Lipinski definition) is 3. The Balaban J connectivity index is 2.05. The third-order valence-electron chi connectivity index (χ3n) is 2.76. The fourth-order valence-corrected chi connectivity index (χ4v) is 1.93. The lowest BCUT2D eigenvalue weighted by Gasteiger charge is -1.98. The molecule has 0 unspecified atom stereocenters. The van der Waals surface area contributed by atoms with E-state index in [0.717, 1.165) is 28.1 Å². The molecule has 0 aliphatic carbocycles. The Kier molecular flexibility index (Phi) is 2.78. The van der Waals surface area contributed by atoms with Gasteiger partial charge in [0.25, 0.3) is 0 Å². The highest BCUT2D eigenvalue weighted by Gasteiger charge is 2.05. The van der Waals surface area contributed by atoms with Gasteiger partial charge in [0.1, 0.15) is 5.65 Å². The second kappa shape index (κ2) is 4.58. The van der Waals surface area contributed by atoms with E-state index in [0.29, 0.717) is 6.61 Å². The van der Waals surface area contributed by atoms with Crippen molar-refractivity contribution >= 4 is 11.0 Å². The van der Waals surface area contributed by atoms with Crippen LogP contribution in [0.1, 0.15) is 5.69 Å². The summed E-state index contributed by atoms with van der Waals surface area (Å²) < 4.78 is 5.09. The minimum absolute atomic E-state index is 0.553. The Bertz CT molecular complexity index is 661. The van der Waals surface area contributed by atoms with Crippen LogP contribution in [0.5, 0.6) is 0 Å². The average Bonchev–Trinajstić information content (AvgIpc) is 2.81. The van der Waals surface area contributed by atoms with Crippen molar-refractivity contribution in [2.45, 2.75) is 6.61 Å². The molecule has 2 heterocycles. The van der Waals surface area contributed by atoms with Gasteiger partial charge in [0.05, 0.1) is 6.61 Å². The molecule has 2 aromatic heterocycles. The van der Waals surface area contributed by atoms with Crippen LogP contribution in [-0.4, -0.2) is 22.1 Å². The zero-order valence-electron chi connectivity index (χ0n) is 10.1. The van der Waals surface area contributed by atoms with Crippen molar-refractivity contribution in [2.75, 3.05) is 7.11 Å². The lowest BCUT2D eigenvalue weighted by atomic mass is 10.2. The van der Waals surface area contributed by atoms with E-state index in [4.69, 9.17) is 4.74 Å².